The van der Waals surface area contributed by atoms with Crippen molar-refractivity contribution in [2.24, 2.45) is 11.3 Å². The number of ether oxygens (including phenoxy) is 1. The number of rotatable bonds is 6. The number of hydrogen-bond donors (Lipinski definition) is 2. The lowest BCUT2D eigenvalue weighted by Crippen LogP contribution is -2.46. The molecule has 0 saturated heterocycles. The predicted octanol–water partition coefficient (Wildman–Crippen LogP) is 3.52. The molecule has 0 aromatic heterocycles. The smallest absolute Gasteiger partial charge is 0.319 e. The van der Waals surface area contributed by atoms with Gasteiger partial charge in [-0.05, 0) is 50.2 Å². The van der Waals surface area contributed by atoms with Gasteiger partial charge in [0.2, 0.25) is 5.91 Å². The third-order valence-corrected chi connectivity index (χ3v) is 6.07. The normalized spacial score (nSPS) is 29.4. The Balaban J connectivity index is 1.51. The molecule has 1 aromatic rings. The molecular formula is C20H23ClN2O4. The van der Waals surface area contributed by atoms with Crippen LogP contribution in [-0.4, -0.2) is 29.1 Å². The Morgan fingerprint density at radius 1 is 1.37 bits per heavy atom. The number of nitriles is 1. The summed E-state index contributed by atoms with van der Waals surface area (Å²) in [4.78, 5) is 24.1. The first-order valence-corrected chi connectivity index (χ1v) is 9.69. The minimum atomic E-state index is -1.22. The zero-order valence-electron chi connectivity index (χ0n) is 15.2. The van der Waals surface area contributed by atoms with Gasteiger partial charge in [0.25, 0.3) is 0 Å². The van der Waals surface area contributed by atoms with Crippen molar-refractivity contribution in [2.75, 3.05) is 0 Å². The Kier molecular flexibility index (Phi) is 5.61. The van der Waals surface area contributed by atoms with E-state index in [-0.39, 0.29) is 24.0 Å². The highest BCUT2D eigenvalue weighted by Crippen LogP contribution is 2.55. The van der Waals surface area contributed by atoms with Crippen LogP contribution in [0, 0.1) is 22.7 Å². The van der Waals surface area contributed by atoms with Gasteiger partial charge in [0, 0.05) is 12.1 Å². The number of carboxylic acid groups (broad SMARTS) is 1. The van der Waals surface area contributed by atoms with Crippen LogP contribution in [0.15, 0.2) is 18.2 Å². The van der Waals surface area contributed by atoms with E-state index >= 15 is 0 Å². The third-order valence-electron chi connectivity index (χ3n) is 5.76. The molecule has 0 bridgehead atoms. The van der Waals surface area contributed by atoms with Gasteiger partial charge in [0.1, 0.15) is 17.2 Å². The molecule has 1 aromatic carbocycles. The van der Waals surface area contributed by atoms with Gasteiger partial charge in [-0.15, -0.1) is 0 Å². The lowest BCUT2D eigenvalue weighted by atomic mass is 9.91. The molecule has 2 atom stereocenters. The number of nitrogens with zero attached hydrogens (tertiary/aromatic N) is 1. The largest absolute Gasteiger partial charge is 0.490 e. The number of carboxylic acids is 1. The van der Waals surface area contributed by atoms with Gasteiger partial charge in [-0.3, -0.25) is 9.59 Å². The van der Waals surface area contributed by atoms with Crippen molar-refractivity contribution in [3.05, 3.63) is 28.8 Å². The summed E-state index contributed by atoms with van der Waals surface area (Å²) >= 11 is 6.03. The van der Waals surface area contributed by atoms with Gasteiger partial charge >= 0.3 is 5.97 Å². The van der Waals surface area contributed by atoms with Crippen molar-refractivity contribution in [3.8, 4) is 11.8 Å². The molecular weight excluding hydrogens is 368 g/mol. The van der Waals surface area contributed by atoms with E-state index < -0.39 is 11.4 Å². The molecule has 0 heterocycles. The van der Waals surface area contributed by atoms with Gasteiger partial charge < -0.3 is 15.2 Å². The average Bonchev–Trinajstić information content (AvgIpc) is 3.40. The molecule has 0 radical (unpaired) electrons. The molecule has 0 aliphatic heterocycles. The molecule has 6 nitrogen and oxygen atoms in total. The molecule has 144 valence electrons. The molecule has 2 aliphatic carbocycles. The van der Waals surface area contributed by atoms with Crippen LogP contribution in [0.3, 0.4) is 0 Å². The van der Waals surface area contributed by atoms with Crippen molar-refractivity contribution in [1.82, 2.24) is 5.32 Å². The van der Waals surface area contributed by atoms with Gasteiger partial charge in [0.05, 0.1) is 16.7 Å². The first-order chi connectivity index (χ1) is 12.9. The Morgan fingerprint density at radius 2 is 2.07 bits per heavy atom. The van der Waals surface area contributed by atoms with Gasteiger partial charge in [-0.25, -0.2) is 0 Å². The van der Waals surface area contributed by atoms with Crippen molar-refractivity contribution in [1.29, 1.82) is 5.26 Å². The number of aliphatic carboxylic acids is 1. The van der Waals surface area contributed by atoms with Crippen LogP contribution in [0.1, 0.15) is 51.0 Å². The fraction of sp³-hybridized carbons (Fsp3) is 0.550. The van der Waals surface area contributed by atoms with Crippen LogP contribution >= 0.6 is 11.6 Å². The Bertz CT molecular complexity index is 783. The fourth-order valence-corrected chi connectivity index (χ4v) is 4.16. The van der Waals surface area contributed by atoms with E-state index in [0.29, 0.717) is 29.2 Å². The number of benzene rings is 1. The Morgan fingerprint density at radius 3 is 2.59 bits per heavy atom. The van der Waals surface area contributed by atoms with E-state index in [0.717, 1.165) is 25.7 Å². The van der Waals surface area contributed by atoms with E-state index in [1.165, 1.54) is 0 Å². The summed E-state index contributed by atoms with van der Waals surface area (Å²) in [5.41, 5.74) is -0.810. The number of amides is 1. The molecule has 7 heteroatoms. The van der Waals surface area contributed by atoms with Crippen molar-refractivity contribution >= 4 is 23.5 Å². The van der Waals surface area contributed by atoms with E-state index in [1.54, 1.807) is 18.2 Å². The summed E-state index contributed by atoms with van der Waals surface area (Å²) in [6.45, 7) is 1.92. The van der Waals surface area contributed by atoms with E-state index in [9.17, 15) is 14.7 Å². The minimum Gasteiger partial charge on any atom is -0.490 e. The van der Waals surface area contributed by atoms with Gasteiger partial charge in [0.15, 0.2) is 0 Å². The summed E-state index contributed by atoms with van der Waals surface area (Å²) in [6, 6.07) is 7.00. The Hall–Kier alpha value is -2.26. The highest BCUT2D eigenvalue weighted by molar-refractivity contribution is 6.31. The fourth-order valence-electron chi connectivity index (χ4n) is 3.95. The first kappa shape index (κ1) is 19.5. The van der Waals surface area contributed by atoms with Crippen molar-refractivity contribution < 1.29 is 19.4 Å². The average molecular weight is 391 g/mol. The summed E-state index contributed by atoms with van der Waals surface area (Å²) in [7, 11) is 0. The lowest BCUT2D eigenvalue weighted by molar-refractivity contribution is -0.150. The second kappa shape index (κ2) is 7.77. The monoisotopic (exact) mass is 390 g/mol. The zero-order chi connectivity index (χ0) is 19.6. The van der Waals surface area contributed by atoms with Crippen molar-refractivity contribution in [2.45, 2.75) is 57.6 Å². The highest BCUT2D eigenvalue weighted by Gasteiger charge is 2.65. The summed E-state index contributed by atoms with van der Waals surface area (Å²) < 4.78 is 5.94. The maximum absolute atomic E-state index is 12.5. The molecule has 2 N–H and O–H groups in total. The number of nitrogens with one attached hydrogen (secondary N) is 1. The molecule has 1 amide bonds. The minimum absolute atomic E-state index is 0.0138. The van der Waals surface area contributed by atoms with Crippen LogP contribution in [-0.2, 0) is 9.59 Å². The standard InChI is InChI=1S/C20H23ClN2O4/c1-2-13-10-20(13,19(25)26)18(24)23-14-4-7-15(8-5-14)27-16-6-3-12(11-22)17(21)9-16/h3,6,9,13-15H,2,4-5,7-8,10H2,1H3,(H,23,24)(H,25,26). The molecule has 2 unspecified atom stereocenters. The third kappa shape index (κ3) is 3.89. The Labute approximate surface area is 163 Å². The summed E-state index contributed by atoms with van der Waals surface area (Å²) in [5.74, 6) is -0.789. The SMILES string of the molecule is CCC1CC1(C(=O)O)C(=O)NC1CCC(Oc2ccc(C#N)c(Cl)c2)CC1. The van der Waals surface area contributed by atoms with Crippen LogP contribution < -0.4 is 10.1 Å². The maximum Gasteiger partial charge on any atom is 0.319 e. The molecule has 27 heavy (non-hydrogen) atoms. The van der Waals surface area contributed by atoms with Gasteiger partial charge in [-0.1, -0.05) is 24.9 Å². The number of carbonyl (C=O) groups excluding carboxylic acids is 1. The molecule has 2 saturated carbocycles. The molecule has 0 spiro atoms. The predicted molar refractivity (Wildman–Crippen MR) is 99.4 cm³/mol. The van der Waals surface area contributed by atoms with E-state index in [1.807, 2.05) is 13.0 Å². The van der Waals surface area contributed by atoms with Gasteiger partial charge in [-0.2, -0.15) is 5.26 Å². The highest BCUT2D eigenvalue weighted by atomic mass is 35.5. The summed E-state index contributed by atoms with van der Waals surface area (Å²) in [5, 5.41) is 21.7. The molecule has 3 rings (SSSR count). The summed E-state index contributed by atoms with van der Waals surface area (Å²) in [6.07, 6.45) is 4.16. The zero-order valence-corrected chi connectivity index (χ0v) is 16.0. The second-order valence-electron chi connectivity index (χ2n) is 7.40. The van der Waals surface area contributed by atoms with Crippen LogP contribution in [0.25, 0.3) is 0 Å². The molecule has 2 fully saturated rings. The second-order valence-corrected chi connectivity index (χ2v) is 7.81. The van der Waals surface area contributed by atoms with Crippen LogP contribution in [0.4, 0.5) is 0 Å². The number of hydrogen-bond acceptors (Lipinski definition) is 4. The number of carbonyl (C=O) groups is 2. The van der Waals surface area contributed by atoms with Crippen LogP contribution in [0.5, 0.6) is 5.75 Å². The topological polar surface area (TPSA) is 99.4 Å². The van der Waals surface area contributed by atoms with E-state index in [4.69, 9.17) is 21.6 Å². The maximum atomic E-state index is 12.5. The first-order valence-electron chi connectivity index (χ1n) is 9.31. The van der Waals surface area contributed by atoms with E-state index in [2.05, 4.69) is 5.32 Å². The molecule has 2 aliphatic rings. The number of halogens is 1. The van der Waals surface area contributed by atoms with Crippen LogP contribution in [0.2, 0.25) is 5.02 Å². The lowest BCUT2D eigenvalue weighted by Gasteiger charge is -2.30. The quantitative estimate of drug-likeness (QED) is 0.724. The van der Waals surface area contributed by atoms with Crippen molar-refractivity contribution in [3.63, 3.8) is 0 Å².